The summed E-state index contributed by atoms with van der Waals surface area (Å²) in [6.45, 7) is -0.368. The molecular weight excluding hydrogens is 448 g/mol. The van der Waals surface area contributed by atoms with Crippen LogP contribution in [0.2, 0.25) is 0 Å². The number of hydrogen-bond acceptors (Lipinski definition) is 7. The van der Waals surface area contributed by atoms with Crippen molar-refractivity contribution in [1.29, 1.82) is 0 Å². The summed E-state index contributed by atoms with van der Waals surface area (Å²) >= 11 is 3.31. The number of nitrogens with zero attached hydrogens (tertiary/aromatic N) is 1. The summed E-state index contributed by atoms with van der Waals surface area (Å²) in [5, 5.41) is 2.14. The van der Waals surface area contributed by atoms with Gasteiger partial charge in [0.1, 0.15) is 17.1 Å². The molecule has 9 nitrogen and oxygen atoms in total. The van der Waals surface area contributed by atoms with Gasteiger partial charge in [0.2, 0.25) is 0 Å². The average Bonchev–Trinajstić information content (AvgIpc) is 3.20. The molecule has 1 saturated heterocycles. The number of rotatable bonds is 6. The van der Waals surface area contributed by atoms with Gasteiger partial charge in [-0.2, -0.15) is 0 Å². The Morgan fingerprint density at radius 1 is 1.28 bits per heavy atom. The van der Waals surface area contributed by atoms with Crippen molar-refractivity contribution in [3.63, 3.8) is 0 Å². The van der Waals surface area contributed by atoms with Crippen LogP contribution in [0.25, 0.3) is 6.08 Å². The maximum Gasteiger partial charge on any atom is 0.343 e. The molecule has 1 aliphatic rings. The lowest BCUT2D eigenvalue weighted by atomic mass is 10.1. The predicted molar refractivity (Wildman–Crippen MR) is 102 cm³/mol. The molecule has 1 fully saturated rings. The van der Waals surface area contributed by atoms with E-state index in [2.05, 4.69) is 26.0 Å². The van der Waals surface area contributed by atoms with Crippen LogP contribution in [0.1, 0.15) is 11.3 Å². The molecule has 10 heteroatoms. The molecule has 1 aromatic heterocycles. The number of imide groups is 2. The highest BCUT2D eigenvalue weighted by Gasteiger charge is 2.36. The quantitative estimate of drug-likeness (QED) is 0.397. The van der Waals surface area contributed by atoms with Gasteiger partial charge in [0.05, 0.1) is 24.4 Å². The number of amides is 4. The zero-order valence-electron chi connectivity index (χ0n) is 15.1. The lowest BCUT2D eigenvalue weighted by Gasteiger charge is -2.25. The normalized spacial score (nSPS) is 15.4. The van der Waals surface area contributed by atoms with E-state index in [1.54, 1.807) is 30.3 Å². The molecule has 0 bridgehead atoms. The zero-order chi connectivity index (χ0) is 21.0. The van der Waals surface area contributed by atoms with Crippen molar-refractivity contribution < 1.29 is 33.1 Å². The van der Waals surface area contributed by atoms with Crippen LogP contribution in [-0.2, 0) is 25.7 Å². The number of nitrogens with one attached hydrogen (secondary N) is 1. The Balaban J connectivity index is 1.81. The minimum absolute atomic E-state index is 0.105. The summed E-state index contributed by atoms with van der Waals surface area (Å²) in [5.74, 6) is -1.28. The molecule has 3 rings (SSSR count). The molecule has 0 unspecified atom stereocenters. The summed E-state index contributed by atoms with van der Waals surface area (Å²) < 4.78 is 15.5. The fraction of sp³-hybridized carbons (Fsp3) is 0.158. The van der Waals surface area contributed by atoms with Crippen LogP contribution in [0.3, 0.4) is 0 Å². The number of urea groups is 1. The summed E-state index contributed by atoms with van der Waals surface area (Å²) in [4.78, 5) is 48.9. The van der Waals surface area contributed by atoms with E-state index < -0.39 is 23.8 Å². The standard InChI is InChI=1S/C19H15BrN2O7/c1-27-16(23)10-29-15-5-4-11(8-14(15)20)7-13-17(24)21-19(26)22(18(13)25)9-12-3-2-6-28-12/h2-8H,9-10H2,1H3,(H,21,24,26)/b13-7+. The van der Waals surface area contributed by atoms with Crippen molar-refractivity contribution in [3.8, 4) is 5.75 Å². The molecule has 0 aliphatic carbocycles. The van der Waals surface area contributed by atoms with Gasteiger partial charge in [0.25, 0.3) is 11.8 Å². The highest BCUT2D eigenvalue weighted by molar-refractivity contribution is 9.10. The molecule has 2 heterocycles. The van der Waals surface area contributed by atoms with Crippen LogP contribution in [0, 0.1) is 0 Å². The Morgan fingerprint density at radius 3 is 2.72 bits per heavy atom. The van der Waals surface area contributed by atoms with Gasteiger partial charge in [-0.1, -0.05) is 6.07 Å². The minimum Gasteiger partial charge on any atom is -0.481 e. The number of ether oxygens (including phenoxy) is 2. The number of furan rings is 1. The lowest BCUT2D eigenvalue weighted by Crippen LogP contribution is -2.53. The first-order valence-electron chi connectivity index (χ1n) is 8.29. The number of hydrogen-bond donors (Lipinski definition) is 1. The second-order valence-electron chi connectivity index (χ2n) is 5.84. The summed E-state index contributed by atoms with van der Waals surface area (Å²) in [6.07, 6.45) is 2.78. The van der Waals surface area contributed by atoms with Crippen LogP contribution in [0.15, 0.2) is 51.1 Å². The Hall–Kier alpha value is -3.40. The van der Waals surface area contributed by atoms with Crippen molar-refractivity contribution in [3.05, 3.63) is 58.0 Å². The summed E-state index contributed by atoms with van der Waals surface area (Å²) in [7, 11) is 1.25. The first-order chi connectivity index (χ1) is 13.9. The van der Waals surface area contributed by atoms with Crippen LogP contribution in [-0.4, -0.2) is 42.4 Å². The third kappa shape index (κ3) is 4.72. The van der Waals surface area contributed by atoms with E-state index in [9.17, 15) is 19.2 Å². The van der Waals surface area contributed by atoms with Crippen molar-refractivity contribution in [2.24, 2.45) is 0 Å². The van der Waals surface area contributed by atoms with Gasteiger partial charge >= 0.3 is 12.0 Å². The van der Waals surface area contributed by atoms with Gasteiger partial charge in [-0.05, 0) is 51.8 Å². The number of carbonyl (C=O) groups excluding carboxylic acids is 4. The molecule has 0 spiro atoms. The first kappa shape index (κ1) is 20.3. The van der Waals surface area contributed by atoms with Gasteiger partial charge in [0, 0.05) is 0 Å². The Morgan fingerprint density at radius 2 is 2.07 bits per heavy atom. The smallest absolute Gasteiger partial charge is 0.343 e. The van der Waals surface area contributed by atoms with Crippen LogP contribution < -0.4 is 10.1 Å². The number of benzene rings is 1. The van der Waals surface area contributed by atoms with E-state index in [-0.39, 0.29) is 18.7 Å². The van der Waals surface area contributed by atoms with Crippen LogP contribution >= 0.6 is 15.9 Å². The molecule has 0 radical (unpaired) electrons. The molecule has 2 aromatic rings. The van der Waals surface area contributed by atoms with Crippen molar-refractivity contribution >= 4 is 45.8 Å². The van der Waals surface area contributed by atoms with Crippen molar-refractivity contribution in [1.82, 2.24) is 10.2 Å². The monoisotopic (exact) mass is 462 g/mol. The maximum absolute atomic E-state index is 12.7. The molecule has 0 saturated carbocycles. The topological polar surface area (TPSA) is 115 Å². The predicted octanol–water partition coefficient (Wildman–Crippen LogP) is 2.26. The van der Waals surface area contributed by atoms with Gasteiger partial charge in [0.15, 0.2) is 6.61 Å². The fourth-order valence-electron chi connectivity index (χ4n) is 2.48. The van der Waals surface area contributed by atoms with E-state index in [0.717, 1.165) is 4.90 Å². The van der Waals surface area contributed by atoms with E-state index >= 15 is 0 Å². The molecular formula is C19H15BrN2O7. The number of barbiturate groups is 1. The molecule has 4 amide bonds. The highest BCUT2D eigenvalue weighted by atomic mass is 79.9. The maximum atomic E-state index is 12.7. The lowest BCUT2D eigenvalue weighted by molar-refractivity contribution is -0.143. The molecule has 29 heavy (non-hydrogen) atoms. The van der Waals surface area contributed by atoms with Crippen molar-refractivity contribution in [2.45, 2.75) is 6.54 Å². The van der Waals surface area contributed by atoms with Crippen LogP contribution in [0.5, 0.6) is 5.75 Å². The van der Waals surface area contributed by atoms with E-state index in [4.69, 9.17) is 9.15 Å². The number of esters is 1. The summed E-state index contributed by atoms with van der Waals surface area (Å²) in [5.41, 5.74) is 0.305. The number of halogens is 1. The second-order valence-corrected chi connectivity index (χ2v) is 6.70. The third-order valence-electron chi connectivity index (χ3n) is 3.92. The number of carbonyl (C=O) groups is 4. The Kier molecular flexibility index (Phi) is 6.13. The Bertz CT molecular complexity index is 998. The SMILES string of the molecule is COC(=O)COc1ccc(/C=C2\C(=O)NC(=O)N(Cc3ccco3)C2=O)cc1Br. The minimum atomic E-state index is -0.818. The third-order valence-corrected chi connectivity index (χ3v) is 4.54. The average molecular weight is 463 g/mol. The van der Waals surface area contributed by atoms with Crippen LogP contribution in [0.4, 0.5) is 4.79 Å². The first-order valence-corrected chi connectivity index (χ1v) is 9.08. The number of methoxy groups -OCH3 is 1. The van der Waals surface area contributed by atoms with Crippen molar-refractivity contribution in [2.75, 3.05) is 13.7 Å². The van der Waals surface area contributed by atoms with Gasteiger partial charge < -0.3 is 13.9 Å². The highest BCUT2D eigenvalue weighted by Crippen LogP contribution is 2.27. The molecule has 1 aliphatic heterocycles. The van der Waals surface area contributed by atoms with Gasteiger partial charge in [-0.3, -0.25) is 19.8 Å². The van der Waals surface area contributed by atoms with Gasteiger partial charge in [-0.25, -0.2) is 9.59 Å². The largest absolute Gasteiger partial charge is 0.481 e. The molecule has 1 aromatic carbocycles. The summed E-state index contributed by atoms with van der Waals surface area (Å²) in [6, 6.07) is 7.19. The molecule has 1 N–H and O–H groups in total. The van der Waals surface area contributed by atoms with Gasteiger partial charge in [-0.15, -0.1) is 0 Å². The fourth-order valence-corrected chi connectivity index (χ4v) is 2.99. The second kappa shape index (κ2) is 8.74. The molecule has 150 valence electrons. The Labute approximate surface area is 173 Å². The zero-order valence-corrected chi connectivity index (χ0v) is 16.7. The van der Waals surface area contributed by atoms with E-state index in [0.29, 0.717) is 21.5 Å². The molecule has 0 atom stereocenters. The van der Waals surface area contributed by atoms with E-state index in [1.807, 2.05) is 0 Å². The van der Waals surface area contributed by atoms with E-state index in [1.165, 1.54) is 19.4 Å².